The number of benzene rings is 3. The molecule has 3 aromatic rings. The Morgan fingerprint density at radius 1 is 1.00 bits per heavy atom. The van der Waals surface area contributed by atoms with Gasteiger partial charge in [-0.05, 0) is 60.9 Å². The first-order chi connectivity index (χ1) is 16.2. The van der Waals surface area contributed by atoms with Gasteiger partial charge in [0.25, 0.3) is 5.91 Å². The Balaban J connectivity index is 1.94. The van der Waals surface area contributed by atoms with Gasteiger partial charge in [0.1, 0.15) is 0 Å². The first-order valence-corrected chi connectivity index (χ1v) is 12.9. The summed E-state index contributed by atoms with van der Waals surface area (Å²) in [6, 6.07) is 22.0. The monoisotopic (exact) mass is 500 g/mol. The summed E-state index contributed by atoms with van der Waals surface area (Å²) in [5.41, 5.74) is 2.03. The van der Waals surface area contributed by atoms with Crippen LogP contribution in [0.1, 0.15) is 47.8 Å². The second-order valence-corrected chi connectivity index (χ2v) is 10.4. The lowest BCUT2D eigenvalue weighted by molar-refractivity contribution is 0.0924. The number of sulfonamides is 1. The molecule has 2 N–H and O–H groups in total. The van der Waals surface area contributed by atoms with Gasteiger partial charge in [0.05, 0.1) is 17.0 Å². The molecule has 0 bridgehead atoms. The molecule has 0 saturated heterocycles. The minimum absolute atomic E-state index is 0.133. The highest BCUT2D eigenvalue weighted by atomic mass is 35.5. The van der Waals surface area contributed by atoms with E-state index >= 15 is 0 Å². The van der Waals surface area contributed by atoms with Crippen molar-refractivity contribution in [3.05, 3.63) is 101 Å². The van der Waals surface area contributed by atoms with Crippen molar-refractivity contribution in [2.45, 2.75) is 43.9 Å². The van der Waals surface area contributed by atoms with Crippen LogP contribution in [0, 0.1) is 0 Å². The third-order valence-corrected chi connectivity index (χ3v) is 7.57. The highest BCUT2D eigenvalue weighted by Crippen LogP contribution is 2.32. The molecule has 0 heterocycles. The maximum atomic E-state index is 13.7. The Morgan fingerprint density at radius 3 is 2.18 bits per heavy atom. The van der Waals surface area contributed by atoms with Gasteiger partial charge in [-0.15, -0.1) is 0 Å². The molecule has 34 heavy (non-hydrogen) atoms. The summed E-state index contributed by atoms with van der Waals surface area (Å²) in [6.45, 7) is 3.83. The van der Waals surface area contributed by atoms with E-state index in [1.807, 2.05) is 19.1 Å². The summed E-state index contributed by atoms with van der Waals surface area (Å²) in [5, 5.41) is 12.6. The van der Waals surface area contributed by atoms with Crippen LogP contribution in [0.15, 0.2) is 83.8 Å². The van der Waals surface area contributed by atoms with Crippen LogP contribution < -0.4 is 5.32 Å². The van der Waals surface area contributed by atoms with Crippen LogP contribution in [0.2, 0.25) is 5.02 Å². The Hall–Kier alpha value is -2.71. The molecular formula is C26H29ClN2O4S. The van der Waals surface area contributed by atoms with Crippen LogP contribution in [0.4, 0.5) is 0 Å². The lowest BCUT2D eigenvalue weighted by atomic mass is 10.0. The van der Waals surface area contributed by atoms with Gasteiger partial charge in [-0.3, -0.25) is 4.79 Å². The zero-order valence-corrected chi connectivity index (χ0v) is 20.8. The number of aliphatic hydroxyl groups is 1. The van der Waals surface area contributed by atoms with E-state index in [9.17, 15) is 18.3 Å². The van der Waals surface area contributed by atoms with E-state index in [1.54, 1.807) is 73.7 Å². The summed E-state index contributed by atoms with van der Waals surface area (Å²) in [7, 11) is -3.82. The standard InChI is InChI=1S/C26H29ClN2O4S/c1-3-25(21-13-15-23(27)16-14-21)29(34(32,33)24-7-5-4-6-8-24)18-20-9-11-22(12-10-20)26(31)28-17-19(2)30/h4-16,19,25,30H,3,17-18H2,1-2H3,(H,28,31)/t19-,25+/m1/s1. The summed E-state index contributed by atoms with van der Waals surface area (Å²) in [5.74, 6) is -0.297. The molecular weight excluding hydrogens is 472 g/mol. The predicted molar refractivity (Wildman–Crippen MR) is 134 cm³/mol. The van der Waals surface area contributed by atoms with Crippen LogP contribution in [-0.2, 0) is 16.6 Å². The lowest BCUT2D eigenvalue weighted by Crippen LogP contribution is -2.34. The number of rotatable bonds is 10. The van der Waals surface area contributed by atoms with Crippen LogP contribution in [-0.4, -0.2) is 36.4 Å². The topological polar surface area (TPSA) is 86.7 Å². The largest absolute Gasteiger partial charge is 0.392 e. The third-order valence-electron chi connectivity index (χ3n) is 5.45. The van der Waals surface area contributed by atoms with Crippen molar-refractivity contribution in [1.29, 1.82) is 0 Å². The number of hydrogen-bond acceptors (Lipinski definition) is 4. The first-order valence-electron chi connectivity index (χ1n) is 11.1. The summed E-state index contributed by atoms with van der Waals surface area (Å²) < 4.78 is 28.9. The predicted octanol–water partition coefficient (Wildman–Crippen LogP) is 4.79. The summed E-state index contributed by atoms with van der Waals surface area (Å²) in [4.78, 5) is 12.5. The van der Waals surface area contributed by atoms with Crippen molar-refractivity contribution in [3.63, 3.8) is 0 Å². The van der Waals surface area contributed by atoms with Gasteiger partial charge in [-0.25, -0.2) is 8.42 Å². The molecule has 0 spiro atoms. The Labute approximate surface area is 206 Å². The molecule has 6 nitrogen and oxygen atoms in total. The average molecular weight is 501 g/mol. The molecule has 2 atom stereocenters. The molecule has 0 aromatic heterocycles. The van der Waals surface area contributed by atoms with E-state index in [-0.39, 0.29) is 23.9 Å². The molecule has 0 aliphatic heterocycles. The molecule has 0 radical (unpaired) electrons. The third kappa shape index (κ3) is 6.45. The first kappa shape index (κ1) is 25.9. The van der Waals surface area contributed by atoms with Crippen LogP contribution in [0.25, 0.3) is 0 Å². The molecule has 0 saturated carbocycles. The van der Waals surface area contributed by atoms with E-state index in [1.165, 1.54) is 4.31 Å². The average Bonchev–Trinajstić information content (AvgIpc) is 2.84. The molecule has 180 valence electrons. The van der Waals surface area contributed by atoms with Crippen molar-refractivity contribution < 1.29 is 18.3 Å². The van der Waals surface area contributed by atoms with Crippen LogP contribution in [0.3, 0.4) is 0 Å². The summed E-state index contributed by atoms with van der Waals surface area (Å²) in [6.07, 6.45) is -0.0770. The van der Waals surface area contributed by atoms with Gasteiger partial charge in [0, 0.05) is 23.7 Å². The number of halogens is 1. The molecule has 8 heteroatoms. The van der Waals surface area contributed by atoms with Crippen molar-refractivity contribution in [2.75, 3.05) is 6.54 Å². The molecule has 0 fully saturated rings. The van der Waals surface area contributed by atoms with Gasteiger partial charge in [0.15, 0.2) is 0 Å². The van der Waals surface area contributed by atoms with Crippen molar-refractivity contribution in [2.24, 2.45) is 0 Å². The van der Waals surface area contributed by atoms with E-state index in [0.717, 1.165) is 11.1 Å². The second-order valence-electron chi connectivity index (χ2n) is 8.09. The quantitative estimate of drug-likeness (QED) is 0.419. The molecule has 1 amide bonds. The fraction of sp³-hybridized carbons (Fsp3) is 0.269. The fourth-order valence-electron chi connectivity index (χ4n) is 3.67. The highest BCUT2D eigenvalue weighted by Gasteiger charge is 2.31. The Kier molecular flexibility index (Phi) is 8.85. The Morgan fingerprint density at radius 2 is 1.62 bits per heavy atom. The number of carbonyl (C=O) groups excluding carboxylic acids is 1. The van der Waals surface area contributed by atoms with E-state index in [0.29, 0.717) is 17.0 Å². The number of nitrogens with zero attached hydrogens (tertiary/aromatic N) is 1. The van der Waals surface area contributed by atoms with Crippen LogP contribution in [0.5, 0.6) is 0 Å². The van der Waals surface area contributed by atoms with Crippen molar-refractivity contribution >= 4 is 27.5 Å². The SMILES string of the molecule is CC[C@@H](c1ccc(Cl)cc1)N(Cc1ccc(C(=O)NC[C@@H](C)O)cc1)S(=O)(=O)c1ccccc1. The number of aliphatic hydroxyl groups excluding tert-OH is 1. The molecule has 0 unspecified atom stereocenters. The number of hydrogen-bond donors (Lipinski definition) is 2. The molecule has 0 aliphatic rings. The van der Waals surface area contributed by atoms with Crippen molar-refractivity contribution in [1.82, 2.24) is 9.62 Å². The zero-order valence-electron chi connectivity index (χ0n) is 19.2. The molecule has 0 aliphatic carbocycles. The highest BCUT2D eigenvalue weighted by molar-refractivity contribution is 7.89. The van der Waals surface area contributed by atoms with E-state index < -0.39 is 22.2 Å². The number of amides is 1. The number of nitrogens with one attached hydrogen (secondary N) is 1. The van der Waals surface area contributed by atoms with Crippen LogP contribution >= 0.6 is 11.6 Å². The minimum atomic E-state index is -3.82. The zero-order chi connectivity index (χ0) is 24.7. The summed E-state index contributed by atoms with van der Waals surface area (Å²) >= 11 is 6.06. The van der Waals surface area contributed by atoms with Crippen molar-refractivity contribution in [3.8, 4) is 0 Å². The van der Waals surface area contributed by atoms with E-state index in [4.69, 9.17) is 11.6 Å². The molecule has 3 rings (SSSR count). The minimum Gasteiger partial charge on any atom is -0.392 e. The van der Waals surface area contributed by atoms with Gasteiger partial charge in [-0.2, -0.15) is 4.31 Å². The van der Waals surface area contributed by atoms with Gasteiger partial charge >= 0.3 is 0 Å². The lowest BCUT2D eigenvalue weighted by Gasteiger charge is -2.31. The maximum Gasteiger partial charge on any atom is 0.251 e. The van der Waals surface area contributed by atoms with Gasteiger partial charge in [-0.1, -0.05) is 61.0 Å². The maximum absolute atomic E-state index is 13.7. The second kappa shape index (κ2) is 11.6. The van der Waals surface area contributed by atoms with E-state index in [2.05, 4.69) is 5.32 Å². The van der Waals surface area contributed by atoms with Gasteiger partial charge in [0.2, 0.25) is 10.0 Å². The Bertz CT molecular complexity index is 1180. The normalized spacial score (nSPS) is 13.4. The number of carbonyl (C=O) groups is 1. The molecule has 3 aromatic carbocycles. The smallest absolute Gasteiger partial charge is 0.251 e. The van der Waals surface area contributed by atoms with Gasteiger partial charge < -0.3 is 10.4 Å². The fourth-order valence-corrected chi connectivity index (χ4v) is 5.49.